The molecule has 25 heavy (non-hydrogen) atoms. The second-order valence-corrected chi connectivity index (χ2v) is 6.95. The SMILES string of the molecule is O=C1c2ccccc2Cc2csc(N3C(=O)c4ccccc4C3=O)c21. The summed E-state index contributed by atoms with van der Waals surface area (Å²) in [5, 5.41) is 2.31. The first-order valence-electron chi connectivity index (χ1n) is 7.87. The van der Waals surface area contributed by atoms with Gasteiger partial charge in [-0.15, -0.1) is 11.3 Å². The summed E-state index contributed by atoms with van der Waals surface area (Å²) in [5.74, 6) is -0.849. The molecule has 0 bridgehead atoms. The van der Waals surface area contributed by atoms with Crippen molar-refractivity contribution in [3.63, 3.8) is 0 Å². The van der Waals surface area contributed by atoms with Gasteiger partial charge in [0.2, 0.25) is 0 Å². The number of hydrogen-bond donors (Lipinski definition) is 0. The molecule has 0 unspecified atom stereocenters. The Morgan fingerprint density at radius 2 is 1.36 bits per heavy atom. The topological polar surface area (TPSA) is 54.5 Å². The number of imide groups is 1. The van der Waals surface area contributed by atoms with E-state index in [2.05, 4.69) is 0 Å². The number of anilines is 1. The van der Waals surface area contributed by atoms with Crippen molar-refractivity contribution in [3.05, 3.63) is 87.3 Å². The number of rotatable bonds is 1. The summed E-state index contributed by atoms with van der Waals surface area (Å²) in [4.78, 5) is 39.6. The van der Waals surface area contributed by atoms with Crippen LogP contribution < -0.4 is 4.90 Å². The third-order valence-corrected chi connectivity index (χ3v) is 5.73. The molecule has 2 heterocycles. The molecule has 2 aromatic carbocycles. The highest BCUT2D eigenvalue weighted by molar-refractivity contribution is 7.15. The lowest BCUT2D eigenvalue weighted by molar-refractivity contribution is 0.0927. The Hall–Kier alpha value is -3.05. The van der Waals surface area contributed by atoms with Gasteiger partial charge in [0.05, 0.1) is 16.7 Å². The Morgan fingerprint density at radius 1 is 0.760 bits per heavy atom. The molecule has 0 atom stereocenters. The molecule has 0 saturated heterocycles. The van der Waals surface area contributed by atoms with E-state index < -0.39 is 0 Å². The van der Waals surface area contributed by atoms with Gasteiger partial charge in [-0.25, -0.2) is 4.90 Å². The van der Waals surface area contributed by atoms with Crippen LogP contribution in [0, 0.1) is 0 Å². The normalized spacial score (nSPS) is 15.2. The van der Waals surface area contributed by atoms with Crippen LogP contribution >= 0.6 is 11.3 Å². The van der Waals surface area contributed by atoms with E-state index in [0.29, 0.717) is 33.7 Å². The van der Waals surface area contributed by atoms with Crippen LogP contribution in [0.2, 0.25) is 0 Å². The number of nitrogens with zero attached hydrogens (tertiary/aromatic N) is 1. The molecule has 3 aromatic rings. The number of hydrogen-bond acceptors (Lipinski definition) is 4. The van der Waals surface area contributed by atoms with Crippen LogP contribution in [0.5, 0.6) is 0 Å². The molecule has 5 rings (SSSR count). The lowest BCUT2D eigenvalue weighted by atomic mass is 9.87. The molecule has 2 amide bonds. The highest BCUT2D eigenvalue weighted by Gasteiger charge is 2.40. The van der Waals surface area contributed by atoms with Crippen LogP contribution in [0.3, 0.4) is 0 Å². The molecule has 1 aliphatic heterocycles. The van der Waals surface area contributed by atoms with E-state index in [4.69, 9.17) is 0 Å². The van der Waals surface area contributed by atoms with Crippen LogP contribution in [0.4, 0.5) is 5.00 Å². The smallest absolute Gasteiger partial charge is 0.266 e. The fraction of sp³-hybridized carbons (Fsp3) is 0.0500. The molecule has 0 radical (unpaired) electrons. The molecule has 120 valence electrons. The van der Waals surface area contributed by atoms with E-state index in [1.165, 1.54) is 11.3 Å². The molecule has 5 heteroatoms. The summed E-state index contributed by atoms with van der Waals surface area (Å²) in [6.45, 7) is 0. The third-order valence-electron chi connectivity index (χ3n) is 4.71. The Bertz CT molecular complexity index is 1060. The second kappa shape index (κ2) is 4.97. The van der Waals surface area contributed by atoms with Gasteiger partial charge in [0.25, 0.3) is 11.8 Å². The number of ketones is 1. The van der Waals surface area contributed by atoms with Crippen molar-refractivity contribution in [1.29, 1.82) is 0 Å². The van der Waals surface area contributed by atoms with Gasteiger partial charge in [-0.2, -0.15) is 0 Å². The second-order valence-electron chi connectivity index (χ2n) is 6.10. The van der Waals surface area contributed by atoms with E-state index in [0.717, 1.165) is 16.0 Å². The summed E-state index contributed by atoms with van der Waals surface area (Å²) < 4.78 is 0. The maximum atomic E-state index is 13.0. The summed E-state index contributed by atoms with van der Waals surface area (Å²) in [7, 11) is 0. The first-order valence-corrected chi connectivity index (χ1v) is 8.75. The number of benzene rings is 2. The van der Waals surface area contributed by atoms with Gasteiger partial charge in [0.15, 0.2) is 5.78 Å². The molecule has 1 aromatic heterocycles. The molecule has 0 saturated carbocycles. The average molecular weight is 345 g/mol. The maximum Gasteiger partial charge on any atom is 0.266 e. The van der Waals surface area contributed by atoms with Gasteiger partial charge in [-0.3, -0.25) is 14.4 Å². The first-order chi connectivity index (χ1) is 12.2. The lowest BCUT2D eigenvalue weighted by Gasteiger charge is -2.19. The highest BCUT2D eigenvalue weighted by atomic mass is 32.1. The number of fused-ring (bicyclic) bond motifs is 3. The summed E-state index contributed by atoms with van der Waals surface area (Å²) >= 11 is 1.28. The van der Waals surface area contributed by atoms with Crippen molar-refractivity contribution in [2.45, 2.75) is 6.42 Å². The molecular weight excluding hydrogens is 334 g/mol. The molecule has 4 nitrogen and oxygen atoms in total. The minimum absolute atomic E-state index is 0.121. The predicted molar refractivity (Wildman–Crippen MR) is 94.6 cm³/mol. The van der Waals surface area contributed by atoms with Crippen LogP contribution in [0.25, 0.3) is 0 Å². The van der Waals surface area contributed by atoms with Crippen molar-refractivity contribution in [2.75, 3.05) is 4.90 Å². The van der Waals surface area contributed by atoms with E-state index >= 15 is 0 Å². The maximum absolute atomic E-state index is 13.0. The van der Waals surface area contributed by atoms with Gasteiger partial charge in [0, 0.05) is 5.56 Å². The van der Waals surface area contributed by atoms with Crippen molar-refractivity contribution < 1.29 is 14.4 Å². The molecular formula is C20H11NO3S. The van der Waals surface area contributed by atoms with E-state index in [9.17, 15) is 14.4 Å². The molecule has 2 aliphatic rings. The Kier molecular flexibility index (Phi) is 2.85. The predicted octanol–water partition coefficient (Wildman–Crippen LogP) is 3.68. The Labute approximate surface area is 147 Å². The molecule has 0 spiro atoms. The van der Waals surface area contributed by atoms with E-state index in [1.54, 1.807) is 30.3 Å². The quantitative estimate of drug-likeness (QED) is 0.495. The van der Waals surface area contributed by atoms with Gasteiger partial charge >= 0.3 is 0 Å². The highest BCUT2D eigenvalue weighted by Crippen LogP contribution is 2.41. The van der Waals surface area contributed by atoms with E-state index in [-0.39, 0.29) is 17.6 Å². The first kappa shape index (κ1) is 14.3. The molecule has 0 fully saturated rings. The van der Waals surface area contributed by atoms with Gasteiger partial charge in [-0.1, -0.05) is 36.4 Å². The van der Waals surface area contributed by atoms with Crippen molar-refractivity contribution in [3.8, 4) is 0 Å². The van der Waals surface area contributed by atoms with Crippen molar-refractivity contribution in [1.82, 2.24) is 0 Å². The number of amides is 2. The zero-order valence-corrected chi connectivity index (χ0v) is 13.8. The van der Waals surface area contributed by atoms with Gasteiger partial charge in [0.1, 0.15) is 5.00 Å². The van der Waals surface area contributed by atoms with Crippen molar-refractivity contribution >= 4 is 33.9 Å². The van der Waals surface area contributed by atoms with Crippen LogP contribution in [0.1, 0.15) is 47.8 Å². The number of carbonyl (C=O) groups excluding carboxylic acids is 3. The van der Waals surface area contributed by atoms with Crippen LogP contribution in [-0.2, 0) is 6.42 Å². The molecule has 0 N–H and O–H groups in total. The largest absolute Gasteiger partial charge is 0.288 e. The van der Waals surface area contributed by atoms with Crippen LogP contribution in [-0.4, -0.2) is 17.6 Å². The summed E-state index contributed by atoms with van der Waals surface area (Å²) in [6.07, 6.45) is 0.636. The number of thiophene rings is 1. The minimum atomic E-state index is -0.364. The minimum Gasteiger partial charge on any atom is -0.288 e. The average Bonchev–Trinajstić information content (AvgIpc) is 3.15. The fourth-order valence-electron chi connectivity index (χ4n) is 3.53. The lowest BCUT2D eigenvalue weighted by Crippen LogP contribution is -2.30. The Balaban J connectivity index is 1.66. The monoisotopic (exact) mass is 345 g/mol. The zero-order chi connectivity index (χ0) is 17.1. The molecule has 1 aliphatic carbocycles. The standard InChI is InChI=1S/C20H11NO3S/c22-17-13-6-2-1-5-11(13)9-12-10-25-20(16(12)17)21-18(23)14-7-3-4-8-15(14)19(21)24/h1-8,10H,9H2. The van der Waals surface area contributed by atoms with Gasteiger partial charge in [-0.05, 0) is 35.1 Å². The van der Waals surface area contributed by atoms with E-state index in [1.807, 2.05) is 23.6 Å². The van der Waals surface area contributed by atoms with Crippen LogP contribution in [0.15, 0.2) is 53.9 Å². The fourth-order valence-corrected chi connectivity index (χ4v) is 4.60. The van der Waals surface area contributed by atoms with Gasteiger partial charge < -0.3 is 0 Å². The zero-order valence-electron chi connectivity index (χ0n) is 13.0. The third kappa shape index (κ3) is 1.84. The summed E-state index contributed by atoms with van der Waals surface area (Å²) in [6, 6.07) is 14.2. The Morgan fingerprint density at radius 3 is 2.04 bits per heavy atom. The number of carbonyl (C=O) groups is 3. The van der Waals surface area contributed by atoms with Crippen molar-refractivity contribution in [2.24, 2.45) is 0 Å². The summed E-state index contributed by atoms with van der Waals surface area (Å²) in [5.41, 5.74) is 3.76.